The number of fused-ring (bicyclic) bond motifs is 3. The van der Waals surface area contributed by atoms with E-state index in [0.717, 1.165) is 12.1 Å². The molecule has 0 bridgehead atoms. The average molecular weight is 214 g/mol. The van der Waals surface area contributed by atoms with Crippen LogP contribution in [0.15, 0.2) is 42.5 Å². The van der Waals surface area contributed by atoms with Crippen LogP contribution >= 0.6 is 0 Å². The van der Waals surface area contributed by atoms with Gasteiger partial charge in [0.25, 0.3) is 0 Å². The van der Waals surface area contributed by atoms with Gasteiger partial charge in [-0.1, -0.05) is 36.4 Å². The number of nitrogen functional groups attached to an aromatic ring is 1. The molecule has 5 N–H and O–H groups in total. The van der Waals surface area contributed by atoms with Gasteiger partial charge in [-0.2, -0.15) is 0 Å². The van der Waals surface area contributed by atoms with Crippen LogP contribution in [0.25, 0.3) is 11.1 Å². The molecule has 3 nitrogen and oxygen atoms in total. The number of rotatable bonds is 1. The summed E-state index contributed by atoms with van der Waals surface area (Å²) in [5, 5.41) is 0. The minimum absolute atomic E-state index is 0. The standard InChI is InChI=1S/C13H12N2.H2O/c14-15-13-7-3-6-11-10-5-2-1-4-9(10)8-12(11)13;/h1-7,15H,8,14H2;1H2. The molecule has 0 fully saturated rings. The van der Waals surface area contributed by atoms with Crippen molar-refractivity contribution in [2.75, 3.05) is 5.43 Å². The summed E-state index contributed by atoms with van der Waals surface area (Å²) in [5.74, 6) is 5.51. The first kappa shape index (κ1) is 10.7. The Morgan fingerprint density at radius 2 is 1.69 bits per heavy atom. The fourth-order valence-electron chi connectivity index (χ4n) is 2.29. The maximum atomic E-state index is 5.51. The molecule has 16 heavy (non-hydrogen) atoms. The molecule has 0 unspecified atom stereocenters. The monoisotopic (exact) mass is 214 g/mol. The van der Waals surface area contributed by atoms with Crippen molar-refractivity contribution in [1.82, 2.24) is 0 Å². The number of benzene rings is 2. The third-order valence-electron chi connectivity index (χ3n) is 3.01. The van der Waals surface area contributed by atoms with E-state index in [0.29, 0.717) is 0 Å². The fraction of sp³-hybridized carbons (Fsp3) is 0.0769. The number of hydrogen-bond donors (Lipinski definition) is 2. The number of hydrazine groups is 1. The zero-order chi connectivity index (χ0) is 10.3. The molecule has 0 aliphatic heterocycles. The molecule has 0 amide bonds. The summed E-state index contributed by atoms with van der Waals surface area (Å²) >= 11 is 0. The van der Waals surface area contributed by atoms with Crippen LogP contribution in [0.2, 0.25) is 0 Å². The van der Waals surface area contributed by atoms with Crippen molar-refractivity contribution in [3.05, 3.63) is 53.6 Å². The number of anilines is 1. The predicted molar refractivity (Wildman–Crippen MR) is 66.1 cm³/mol. The molecule has 0 spiro atoms. The first-order valence-corrected chi connectivity index (χ1v) is 5.07. The molecule has 3 heteroatoms. The molecule has 0 radical (unpaired) electrons. The van der Waals surface area contributed by atoms with Gasteiger partial charge in [0.1, 0.15) is 0 Å². The van der Waals surface area contributed by atoms with Gasteiger partial charge in [0.15, 0.2) is 0 Å². The van der Waals surface area contributed by atoms with Crippen LogP contribution in [0.3, 0.4) is 0 Å². The molecule has 2 aromatic rings. The number of nitrogens with two attached hydrogens (primary N) is 1. The predicted octanol–water partition coefficient (Wildman–Crippen LogP) is 1.72. The van der Waals surface area contributed by atoms with E-state index in [-0.39, 0.29) is 5.48 Å². The zero-order valence-electron chi connectivity index (χ0n) is 8.83. The summed E-state index contributed by atoms with van der Waals surface area (Å²) in [6.45, 7) is 0. The minimum Gasteiger partial charge on any atom is -0.412 e. The SMILES string of the molecule is NNc1cccc2c1Cc1ccccc1-2.O. The molecule has 0 saturated heterocycles. The Morgan fingerprint density at radius 1 is 0.938 bits per heavy atom. The van der Waals surface area contributed by atoms with E-state index in [1.807, 2.05) is 12.1 Å². The lowest BCUT2D eigenvalue weighted by Gasteiger charge is -2.06. The Bertz CT molecular complexity index is 523. The van der Waals surface area contributed by atoms with Gasteiger partial charge in [0.2, 0.25) is 0 Å². The van der Waals surface area contributed by atoms with E-state index in [2.05, 4.69) is 35.8 Å². The van der Waals surface area contributed by atoms with Crippen LogP contribution < -0.4 is 11.3 Å². The molecule has 1 aliphatic carbocycles. The molecule has 0 heterocycles. The highest BCUT2D eigenvalue weighted by molar-refractivity contribution is 5.81. The topological polar surface area (TPSA) is 69.5 Å². The van der Waals surface area contributed by atoms with E-state index in [1.54, 1.807) is 0 Å². The van der Waals surface area contributed by atoms with Gasteiger partial charge in [-0.3, -0.25) is 5.84 Å². The summed E-state index contributed by atoms with van der Waals surface area (Å²) in [7, 11) is 0. The summed E-state index contributed by atoms with van der Waals surface area (Å²) in [5.41, 5.74) is 9.13. The molecular weight excluding hydrogens is 200 g/mol. The van der Waals surface area contributed by atoms with Crippen molar-refractivity contribution in [3.63, 3.8) is 0 Å². The maximum absolute atomic E-state index is 5.51. The Balaban J connectivity index is 0.000000963. The quantitative estimate of drug-likeness (QED) is 0.478. The lowest BCUT2D eigenvalue weighted by molar-refractivity contribution is 0.824. The van der Waals surface area contributed by atoms with Gasteiger partial charge in [0, 0.05) is 6.42 Å². The van der Waals surface area contributed by atoms with Crippen molar-refractivity contribution >= 4 is 5.69 Å². The summed E-state index contributed by atoms with van der Waals surface area (Å²) < 4.78 is 0. The Kier molecular flexibility index (Phi) is 2.64. The van der Waals surface area contributed by atoms with E-state index < -0.39 is 0 Å². The van der Waals surface area contributed by atoms with Gasteiger partial charge >= 0.3 is 0 Å². The van der Waals surface area contributed by atoms with Crippen LogP contribution in [0.4, 0.5) is 5.69 Å². The first-order valence-electron chi connectivity index (χ1n) is 5.07. The molecule has 0 atom stereocenters. The van der Waals surface area contributed by atoms with Gasteiger partial charge in [-0.05, 0) is 28.3 Å². The summed E-state index contributed by atoms with van der Waals surface area (Å²) in [4.78, 5) is 0. The average Bonchev–Trinajstić information content (AvgIpc) is 2.67. The van der Waals surface area contributed by atoms with E-state index >= 15 is 0 Å². The lowest BCUT2D eigenvalue weighted by atomic mass is 10.1. The lowest BCUT2D eigenvalue weighted by Crippen LogP contribution is -2.08. The van der Waals surface area contributed by atoms with Gasteiger partial charge < -0.3 is 10.9 Å². The highest BCUT2D eigenvalue weighted by Crippen LogP contribution is 2.39. The summed E-state index contributed by atoms with van der Waals surface area (Å²) in [6.07, 6.45) is 0.978. The van der Waals surface area contributed by atoms with Crippen molar-refractivity contribution in [2.45, 2.75) is 6.42 Å². The third kappa shape index (κ3) is 1.38. The fourth-order valence-corrected chi connectivity index (χ4v) is 2.29. The van der Waals surface area contributed by atoms with Crippen LogP contribution in [0.1, 0.15) is 11.1 Å². The molecule has 0 saturated carbocycles. The Labute approximate surface area is 94.2 Å². The first-order chi connectivity index (χ1) is 7.40. The third-order valence-corrected chi connectivity index (χ3v) is 3.01. The van der Waals surface area contributed by atoms with E-state index in [9.17, 15) is 0 Å². The molecule has 0 aromatic heterocycles. The normalized spacial score (nSPS) is 11.3. The smallest absolute Gasteiger partial charge is 0.0526 e. The Morgan fingerprint density at radius 3 is 2.50 bits per heavy atom. The van der Waals surface area contributed by atoms with Crippen molar-refractivity contribution in [3.8, 4) is 11.1 Å². The van der Waals surface area contributed by atoms with Crippen LogP contribution in [0, 0.1) is 0 Å². The molecule has 1 aliphatic rings. The van der Waals surface area contributed by atoms with Crippen LogP contribution in [-0.4, -0.2) is 5.48 Å². The van der Waals surface area contributed by atoms with Gasteiger partial charge in [-0.25, -0.2) is 0 Å². The zero-order valence-corrected chi connectivity index (χ0v) is 8.83. The van der Waals surface area contributed by atoms with Crippen molar-refractivity contribution in [2.24, 2.45) is 5.84 Å². The second-order valence-corrected chi connectivity index (χ2v) is 3.81. The Hall–Kier alpha value is -1.84. The van der Waals surface area contributed by atoms with Gasteiger partial charge in [0.05, 0.1) is 5.69 Å². The molecular formula is C13H14N2O. The number of nitrogens with one attached hydrogen (secondary N) is 1. The van der Waals surface area contributed by atoms with Crippen molar-refractivity contribution in [1.29, 1.82) is 0 Å². The number of hydrogen-bond acceptors (Lipinski definition) is 2. The van der Waals surface area contributed by atoms with E-state index in [1.165, 1.54) is 22.3 Å². The molecule has 82 valence electrons. The van der Waals surface area contributed by atoms with Crippen LogP contribution in [-0.2, 0) is 6.42 Å². The summed E-state index contributed by atoms with van der Waals surface area (Å²) in [6, 6.07) is 14.7. The minimum atomic E-state index is 0. The van der Waals surface area contributed by atoms with Crippen molar-refractivity contribution < 1.29 is 5.48 Å². The van der Waals surface area contributed by atoms with Crippen LogP contribution in [0.5, 0.6) is 0 Å². The van der Waals surface area contributed by atoms with Gasteiger partial charge in [-0.15, -0.1) is 0 Å². The molecule has 2 aromatic carbocycles. The second kappa shape index (κ2) is 3.96. The second-order valence-electron chi connectivity index (χ2n) is 3.81. The largest absolute Gasteiger partial charge is 0.412 e. The highest BCUT2D eigenvalue weighted by Gasteiger charge is 2.19. The highest BCUT2D eigenvalue weighted by atomic mass is 16.0. The van der Waals surface area contributed by atoms with E-state index in [4.69, 9.17) is 5.84 Å². The molecule has 3 rings (SSSR count). The maximum Gasteiger partial charge on any atom is 0.0526 e.